The SMILES string of the molecule is CCCn1c(NC(=O)C2=CCCC2)c(N)c(=O)n(CCC)c1=O. The summed E-state index contributed by atoms with van der Waals surface area (Å²) in [6.07, 6.45) is 5.74. The third-order valence-corrected chi connectivity index (χ3v) is 3.92. The van der Waals surface area contributed by atoms with Crippen molar-refractivity contribution in [3.8, 4) is 0 Å². The van der Waals surface area contributed by atoms with Gasteiger partial charge in [0.25, 0.3) is 11.5 Å². The van der Waals surface area contributed by atoms with E-state index >= 15 is 0 Å². The van der Waals surface area contributed by atoms with Crippen LogP contribution in [-0.4, -0.2) is 15.0 Å². The molecule has 0 aliphatic heterocycles. The summed E-state index contributed by atoms with van der Waals surface area (Å²) in [5, 5.41) is 2.67. The third-order valence-electron chi connectivity index (χ3n) is 3.92. The molecule has 1 amide bonds. The molecule has 1 heterocycles. The zero-order valence-electron chi connectivity index (χ0n) is 13.7. The second-order valence-corrected chi connectivity index (χ2v) is 5.73. The van der Waals surface area contributed by atoms with Crippen LogP contribution in [0.5, 0.6) is 0 Å². The van der Waals surface area contributed by atoms with Crippen LogP contribution in [-0.2, 0) is 17.9 Å². The zero-order chi connectivity index (χ0) is 17.0. The molecule has 23 heavy (non-hydrogen) atoms. The molecule has 0 unspecified atom stereocenters. The van der Waals surface area contributed by atoms with Crippen molar-refractivity contribution in [1.29, 1.82) is 0 Å². The highest BCUT2D eigenvalue weighted by molar-refractivity contribution is 6.04. The van der Waals surface area contributed by atoms with Gasteiger partial charge in [-0.1, -0.05) is 19.9 Å². The molecule has 0 spiro atoms. The predicted molar refractivity (Wildman–Crippen MR) is 90.5 cm³/mol. The molecule has 126 valence electrons. The van der Waals surface area contributed by atoms with Crippen molar-refractivity contribution in [2.24, 2.45) is 0 Å². The molecule has 0 atom stereocenters. The zero-order valence-corrected chi connectivity index (χ0v) is 13.7. The first-order chi connectivity index (χ1) is 11.0. The highest BCUT2D eigenvalue weighted by atomic mass is 16.2. The van der Waals surface area contributed by atoms with E-state index in [0.29, 0.717) is 37.9 Å². The normalized spacial score (nSPS) is 13.9. The first kappa shape index (κ1) is 17.1. The Balaban J connectivity index is 2.51. The Bertz CT molecular complexity index is 743. The van der Waals surface area contributed by atoms with Crippen molar-refractivity contribution < 1.29 is 4.79 Å². The minimum atomic E-state index is -0.542. The van der Waals surface area contributed by atoms with Crippen molar-refractivity contribution >= 4 is 17.4 Å². The maximum atomic E-state index is 12.5. The Kier molecular flexibility index (Phi) is 5.41. The van der Waals surface area contributed by atoms with Gasteiger partial charge in [-0.3, -0.25) is 18.7 Å². The molecule has 0 fully saturated rings. The lowest BCUT2D eigenvalue weighted by Crippen LogP contribution is -2.42. The van der Waals surface area contributed by atoms with Gasteiger partial charge in [0.1, 0.15) is 11.5 Å². The van der Waals surface area contributed by atoms with E-state index in [1.54, 1.807) is 0 Å². The Morgan fingerprint density at radius 1 is 1.22 bits per heavy atom. The molecule has 1 aliphatic carbocycles. The van der Waals surface area contributed by atoms with E-state index in [1.165, 1.54) is 4.57 Å². The first-order valence-electron chi connectivity index (χ1n) is 8.14. The number of nitrogens with one attached hydrogen (secondary N) is 1. The van der Waals surface area contributed by atoms with Gasteiger partial charge in [0, 0.05) is 18.7 Å². The molecule has 2 rings (SSSR count). The molecule has 0 saturated heterocycles. The van der Waals surface area contributed by atoms with Gasteiger partial charge in [0.15, 0.2) is 0 Å². The minimum absolute atomic E-state index is 0.0848. The lowest BCUT2D eigenvalue weighted by Gasteiger charge is -2.17. The fraction of sp³-hybridized carbons (Fsp3) is 0.562. The van der Waals surface area contributed by atoms with Crippen molar-refractivity contribution in [3.63, 3.8) is 0 Å². The maximum absolute atomic E-state index is 12.5. The number of rotatable bonds is 6. The lowest BCUT2D eigenvalue weighted by atomic mass is 10.2. The van der Waals surface area contributed by atoms with Gasteiger partial charge >= 0.3 is 5.69 Å². The summed E-state index contributed by atoms with van der Waals surface area (Å²) in [6, 6.07) is 0. The van der Waals surface area contributed by atoms with Gasteiger partial charge in [-0.25, -0.2) is 4.79 Å². The molecular weight excluding hydrogens is 296 g/mol. The second-order valence-electron chi connectivity index (χ2n) is 5.73. The van der Waals surface area contributed by atoms with Crippen LogP contribution >= 0.6 is 0 Å². The summed E-state index contributed by atoms with van der Waals surface area (Å²) in [4.78, 5) is 37.2. The number of nitrogens with zero attached hydrogens (tertiary/aromatic N) is 2. The van der Waals surface area contributed by atoms with E-state index in [1.807, 2.05) is 19.9 Å². The molecule has 0 radical (unpaired) electrons. The van der Waals surface area contributed by atoms with Gasteiger partial charge in [0.05, 0.1) is 0 Å². The van der Waals surface area contributed by atoms with Crippen molar-refractivity contribution in [2.45, 2.75) is 59.0 Å². The maximum Gasteiger partial charge on any atom is 0.332 e. The molecule has 1 aromatic rings. The van der Waals surface area contributed by atoms with E-state index in [2.05, 4.69) is 5.32 Å². The van der Waals surface area contributed by atoms with Crippen LogP contribution in [0.2, 0.25) is 0 Å². The second kappa shape index (κ2) is 7.30. The Morgan fingerprint density at radius 3 is 2.43 bits per heavy atom. The highest BCUT2D eigenvalue weighted by Gasteiger charge is 2.20. The number of hydrogen-bond donors (Lipinski definition) is 2. The number of nitrogens with two attached hydrogens (primary N) is 1. The quantitative estimate of drug-likeness (QED) is 0.829. The largest absolute Gasteiger partial charge is 0.391 e. The summed E-state index contributed by atoms with van der Waals surface area (Å²) < 4.78 is 2.52. The van der Waals surface area contributed by atoms with Crippen LogP contribution in [0.3, 0.4) is 0 Å². The van der Waals surface area contributed by atoms with E-state index in [-0.39, 0.29) is 17.4 Å². The summed E-state index contributed by atoms with van der Waals surface area (Å²) >= 11 is 0. The summed E-state index contributed by atoms with van der Waals surface area (Å²) in [5.74, 6) is -0.168. The minimum Gasteiger partial charge on any atom is -0.391 e. The molecule has 0 bridgehead atoms. The van der Waals surface area contributed by atoms with Crippen LogP contribution in [0.1, 0.15) is 46.0 Å². The smallest absolute Gasteiger partial charge is 0.332 e. The topological polar surface area (TPSA) is 99.1 Å². The third kappa shape index (κ3) is 3.38. The van der Waals surface area contributed by atoms with Crippen LogP contribution in [0.15, 0.2) is 21.2 Å². The number of aromatic nitrogens is 2. The molecule has 1 aliphatic rings. The predicted octanol–water partition coefficient (Wildman–Crippen LogP) is 1.46. The van der Waals surface area contributed by atoms with Crippen LogP contribution in [0.4, 0.5) is 11.5 Å². The molecule has 7 nitrogen and oxygen atoms in total. The number of allylic oxidation sites excluding steroid dienone is 1. The summed E-state index contributed by atoms with van der Waals surface area (Å²) in [5.41, 5.74) is 5.56. The number of nitrogen functional groups attached to an aromatic ring is 1. The Labute approximate surface area is 134 Å². The summed E-state index contributed by atoms with van der Waals surface area (Å²) in [7, 11) is 0. The monoisotopic (exact) mass is 320 g/mol. The average molecular weight is 320 g/mol. The fourth-order valence-electron chi connectivity index (χ4n) is 2.77. The molecule has 1 aromatic heterocycles. The Hall–Kier alpha value is -2.31. The molecule has 0 saturated carbocycles. The number of carbonyl (C=O) groups is 1. The number of carbonyl (C=O) groups excluding carboxylic acids is 1. The van der Waals surface area contributed by atoms with Crippen LogP contribution < -0.4 is 22.3 Å². The summed E-state index contributed by atoms with van der Waals surface area (Å²) in [6.45, 7) is 4.50. The van der Waals surface area contributed by atoms with E-state index < -0.39 is 11.2 Å². The fourth-order valence-corrected chi connectivity index (χ4v) is 2.77. The lowest BCUT2D eigenvalue weighted by molar-refractivity contribution is -0.113. The van der Waals surface area contributed by atoms with E-state index in [4.69, 9.17) is 5.73 Å². The van der Waals surface area contributed by atoms with Crippen molar-refractivity contribution in [2.75, 3.05) is 11.1 Å². The van der Waals surface area contributed by atoms with Crippen LogP contribution in [0.25, 0.3) is 0 Å². The number of anilines is 2. The van der Waals surface area contributed by atoms with Gasteiger partial charge in [-0.15, -0.1) is 0 Å². The van der Waals surface area contributed by atoms with Crippen molar-refractivity contribution in [3.05, 3.63) is 32.5 Å². The molecule has 0 aromatic carbocycles. The average Bonchev–Trinajstić information content (AvgIpc) is 3.07. The van der Waals surface area contributed by atoms with E-state index in [9.17, 15) is 14.4 Å². The van der Waals surface area contributed by atoms with Gasteiger partial charge in [-0.05, 0) is 32.1 Å². The van der Waals surface area contributed by atoms with Gasteiger partial charge < -0.3 is 11.1 Å². The first-order valence-corrected chi connectivity index (χ1v) is 8.14. The Morgan fingerprint density at radius 2 is 1.87 bits per heavy atom. The van der Waals surface area contributed by atoms with Gasteiger partial charge in [0.2, 0.25) is 0 Å². The molecule has 7 heteroatoms. The van der Waals surface area contributed by atoms with E-state index in [0.717, 1.165) is 17.4 Å². The van der Waals surface area contributed by atoms with Gasteiger partial charge in [-0.2, -0.15) is 0 Å². The highest BCUT2D eigenvalue weighted by Crippen LogP contribution is 2.20. The number of hydrogen-bond acceptors (Lipinski definition) is 4. The van der Waals surface area contributed by atoms with Crippen LogP contribution in [0, 0.1) is 0 Å². The molecule has 3 N–H and O–H groups in total. The standard InChI is InChI=1S/C16H24N4O3/c1-3-9-19-13(18-14(21)11-7-5-6-8-11)12(17)15(22)20(10-4-2)16(19)23/h7H,3-6,8-10,17H2,1-2H3,(H,18,21). The van der Waals surface area contributed by atoms with Crippen molar-refractivity contribution in [1.82, 2.24) is 9.13 Å². The molecular formula is C16H24N4O3. The number of amides is 1.